The fraction of sp³-hybridized carbons (Fsp3) is 0.348. The number of carbonyl (C=O) groups excluding carboxylic acids is 1. The molecule has 0 saturated carbocycles. The number of aromatic amines is 1. The fourth-order valence-electron chi connectivity index (χ4n) is 4.14. The first-order valence-corrected chi connectivity index (χ1v) is 10.5. The predicted molar refractivity (Wildman–Crippen MR) is 124 cm³/mol. The predicted octanol–water partition coefficient (Wildman–Crippen LogP) is 4.24. The van der Waals surface area contributed by atoms with Crippen molar-refractivity contribution in [2.75, 3.05) is 57.6 Å². The van der Waals surface area contributed by atoms with Crippen LogP contribution in [0.25, 0.3) is 10.9 Å². The van der Waals surface area contributed by atoms with Crippen molar-refractivity contribution in [3.63, 3.8) is 0 Å². The molecule has 0 aliphatic carbocycles. The molecule has 0 saturated heterocycles. The number of aromatic nitrogens is 1. The van der Waals surface area contributed by atoms with Crippen LogP contribution in [-0.4, -0.2) is 58.7 Å². The number of ether oxygens (including phenoxy) is 3. The van der Waals surface area contributed by atoms with E-state index in [1.807, 2.05) is 37.2 Å². The van der Waals surface area contributed by atoms with Crippen LogP contribution in [0.15, 0.2) is 30.3 Å². The molecule has 1 aliphatic heterocycles. The van der Waals surface area contributed by atoms with Crippen molar-refractivity contribution >= 4 is 39.8 Å². The second-order valence-corrected chi connectivity index (χ2v) is 8.01. The number of hydrogen-bond donors (Lipinski definition) is 1. The van der Waals surface area contributed by atoms with E-state index in [0.717, 1.165) is 22.3 Å². The Kier molecular flexibility index (Phi) is 5.62. The zero-order chi connectivity index (χ0) is 22.3. The molecular formula is C23H26ClN3O4. The number of alkyl halides is 1. The molecule has 1 N–H and O–H groups in total. The normalized spacial score (nSPS) is 15.2. The van der Waals surface area contributed by atoms with Crippen molar-refractivity contribution in [2.24, 2.45) is 0 Å². The minimum atomic E-state index is -0.124. The number of halogens is 1. The van der Waals surface area contributed by atoms with Crippen molar-refractivity contribution < 1.29 is 19.0 Å². The lowest BCUT2D eigenvalue weighted by molar-refractivity contribution is 0.0984. The van der Waals surface area contributed by atoms with Crippen molar-refractivity contribution in [2.45, 2.75) is 5.92 Å². The van der Waals surface area contributed by atoms with Crippen molar-refractivity contribution in [1.82, 2.24) is 4.98 Å². The lowest BCUT2D eigenvalue weighted by atomic mass is 10.0. The first kappa shape index (κ1) is 21.2. The zero-order valence-corrected chi connectivity index (χ0v) is 19.0. The van der Waals surface area contributed by atoms with Gasteiger partial charge in [0.15, 0.2) is 11.5 Å². The number of amides is 1. The van der Waals surface area contributed by atoms with Gasteiger partial charge in [-0.1, -0.05) is 6.07 Å². The van der Waals surface area contributed by atoms with Crippen LogP contribution < -0.4 is 24.0 Å². The van der Waals surface area contributed by atoms with Crippen LogP contribution in [0.2, 0.25) is 0 Å². The number of anilines is 2. The van der Waals surface area contributed by atoms with Crippen LogP contribution in [0.1, 0.15) is 22.0 Å². The summed E-state index contributed by atoms with van der Waals surface area (Å²) in [5.74, 6) is 1.92. The van der Waals surface area contributed by atoms with E-state index in [9.17, 15) is 4.79 Å². The minimum Gasteiger partial charge on any atom is -0.493 e. The summed E-state index contributed by atoms with van der Waals surface area (Å²) >= 11 is 6.22. The molecule has 2 aromatic carbocycles. The SMILES string of the molecule is COc1cc2cc(C(=O)N3CC(CCl)c4ccc(N(C)C)cc43)[nH]c2c(OC)c1OC. The number of nitrogens with zero attached hydrogens (tertiary/aromatic N) is 2. The molecule has 8 heteroatoms. The monoisotopic (exact) mass is 443 g/mol. The van der Waals surface area contributed by atoms with E-state index in [0.29, 0.717) is 40.9 Å². The highest BCUT2D eigenvalue weighted by Gasteiger charge is 2.34. The first-order chi connectivity index (χ1) is 14.9. The Bertz CT molecular complexity index is 1140. The van der Waals surface area contributed by atoms with Crippen LogP contribution >= 0.6 is 11.6 Å². The highest BCUT2D eigenvalue weighted by atomic mass is 35.5. The number of rotatable bonds is 6. The Morgan fingerprint density at radius 2 is 1.87 bits per heavy atom. The summed E-state index contributed by atoms with van der Waals surface area (Å²) in [6.07, 6.45) is 0. The van der Waals surface area contributed by atoms with Crippen molar-refractivity contribution in [3.8, 4) is 17.2 Å². The van der Waals surface area contributed by atoms with Crippen LogP contribution in [0.4, 0.5) is 11.4 Å². The van der Waals surface area contributed by atoms with Crippen LogP contribution in [0.3, 0.4) is 0 Å². The summed E-state index contributed by atoms with van der Waals surface area (Å²) in [7, 11) is 8.64. The van der Waals surface area contributed by atoms with E-state index < -0.39 is 0 Å². The van der Waals surface area contributed by atoms with Gasteiger partial charge in [0.05, 0.1) is 26.8 Å². The number of methoxy groups -OCH3 is 3. The third-order valence-electron chi connectivity index (χ3n) is 5.75. The second-order valence-electron chi connectivity index (χ2n) is 7.70. The van der Waals surface area contributed by atoms with E-state index in [1.54, 1.807) is 26.2 Å². The first-order valence-electron chi connectivity index (χ1n) is 9.94. The van der Waals surface area contributed by atoms with Gasteiger partial charge in [0.2, 0.25) is 5.75 Å². The summed E-state index contributed by atoms with van der Waals surface area (Å²) < 4.78 is 16.5. The molecular weight excluding hydrogens is 418 g/mol. The van der Waals surface area contributed by atoms with Crippen LogP contribution in [0.5, 0.6) is 17.2 Å². The standard InChI is InChI=1S/C23H26ClN3O4/c1-26(2)15-6-7-16-14(11-24)12-27(18(16)10-15)23(28)17-8-13-9-19(29-3)21(30-4)22(31-5)20(13)25-17/h6-10,14,25H,11-12H2,1-5H3. The third-order valence-corrected chi connectivity index (χ3v) is 6.12. The molecule has 1 unspecified atom stereocenters. The quantitative estimate of drug-likeness (QED) is 0.577. The van der Waals surface area contributed by atoms with Gasteiger partial charge in [-0.3, -0.25) is 4.79 Å². The molecule has 1 aliphatic rings. The molecule has 1 aromatic heterocycles. The van der Waals surface area contributed by atoms with Gasteiger partial charge in [0.25, 0.3) is 5.91 Å². The summed E-state index contributed by atoms with van der Waals surface area (Å²) in [5, 5.41) is 0.799. The molecule has 3 aromatic rings. The average molecular weight is 444 g/mol. The van der Waals surface area contributed by atoms with Crippen LogP contribution in [-0.2, 0) is 0 Å². The number of benzene rings is 2. The topological polar surface area (TPSA) is 67.0 Å². The van der Waals surface area contributed by atoms with Gasteiger partial charge < -0.3 is 29.0 Å². The third kappa shape index (κ3) is 3.43. The Morgan fingerprint density at radius 1 is 1.13 bits per heavy atom. The maximum Gasteiger partial charge on any atom is 0.274 e. The lowest BCUT2D eigenvalue weighted by Crippen LogP contribution is -2.30. The zero-order valence-electron chi connectivity index (χ0n) is 18.3. The molecule has 0 radical (unpaired) electrons. The van der Waals surface area contributed by atoms with E-state index in [-0.39, 0.29) is 11.8 Å². The van der Waals surface area contributed by atoms with E-state index in [1.165, 1.54) is 0 Å². The maximum absolute atomic E-state index is 13.6. The van der Waals surface area contributed by atoms with Gasteiger partial charge in [-0.15, -0.1) is 11.6 Å². The number of fused-ring (bicyclic) bond motifs is 2. The lowest BCUT2D eigenvalue weighted by Gasteiger charge is -2.19. The summed E-state index contributed by atoms with van der Waals surface area (Å²) in [4.78, 5) is 20.6. The smallest absolute Gasteiger partial charge is 0.274 e. The van der Waals surface area contributed by atoms with Gasteiger partial charge in [0, 0.05) is 49.2 Å². The summed E-state index contributed by atoms with van der Waals surface area (Å²) in [6, 6.07) is 9.79. The van der Waals surface area contributed by atoms with Gasteiger partial charge in [-0.05, 0) is 29.8 Å². The van der Waals surface area contributed by atoms with E-state index in [4.69, 9.17) is 25.8 Å². The average Bonchev–Trinajstić information content (AvgIpc) is 3.37. The minimum absolute atomic E-state index is 0.0935. The number of carbonyl (C=O) groups is 1. The summed E-state index contributed by atoms with van der Waals surface area (Å²) in [5.41, 5.74) is 4.15. The summed E-state index contributed by atoms with van der Waals surface area (Å²) in [6.45, 7) is 0.535. The number of hydrogen-bond acceptors (Lipinski definition) is 5. The molecule has 2 heterocycles. The van der Waals surface area contributed by atoms with Crippen molar-refractivity contribution in [3.05, 3.63) is 41.6 Å². The molecule has 164 valence electrons. The van der Waals surface area contributed by atoms with Gasteiger partial charge >= 0.3 is 0 Å². The largest absolute Gasteiger partial charge is 0.493 e. The second kappa shape index (κ2) is 8.23. The van der Waals surface area contributed by atoms with E-state index in [2.05, 4.69) is 17.1 Å². The van der Waals surface area contributed by atoms with E-state index >= 15 is 0 Å². The molecule has 1 atom stereocenters. The highest BCUT2D eigenvalue weighted by molar-refractivity contribution is 6.19. The molecule has 1 amide bonds. The Morgan fingerprint density at radius 3 is 2.48 bits per heavy atom. The Labute approximate surface area is 186 Å². The van der Waals surface area contributed by atoms with Crippen molar-refractivity contribution in [1.29, 1.82) is 0 Å². The van der Waals surface area contributed by atoms with Gasteiger partial charge in [-0.2, -0.15) is 0 Å². The molecule has 7 nitrogen and oxygen atoms in total. The number of nitrogens with one attached hydrogen (secondary N) is 1. The molecule has 0 bridgehead atoms. The molecule has 31 heavy (non-hydrogen) atoms. The molecule has 4 rings (SSSR count). The Balaban J connectivity index is 1.80. The molecule has 0 spiro atoms. The fourth-order valence-corrected chi connectivity index (χ4v) is 4.40. The molecule has 0 fully saturated rings. The Hall–Kier alpha value is -3.06. The van der Waals surface area contributed by atoms with Gasteiger partial charge in [0.1, 0.15) is 5.69 Å². The van der Waals surface area contributed by atoms with Gasteiger partial charge in [-0.25, -0.2) is 0 Å². The van der Waals surface area contributed by atoms with Crippen LogP contribution in [0, 0.1) is 0 Å². The number of H-pyrrole nitrogens is 1. The highest BCUT2D eigenvalue weighted by Crippen LogP contribution is 2.44. The maximum atomic E-state index is 13.6.